The van der Waals surface area contributed by atoms with E-state index in [1.807, 2.05) is 0 Å². The highest BCUT2D eigenvalue weighted by molar-refractivity contribution is 6.29. The standard InChI is InChI=1S/C16H15ClN4O3/c1-9(22)19-14-7-12-16(24)11(3-2-6-21(12)20-14)15(23)10-4-5-13(17)18-8-10/h4-5,7-8,11H,2-3,6H2,1H3,(H,19,20,22). The number of Topliss-reactive ketones (excluding diaryl/α,β-unsaturated/α-hetero) is 2. The summed E-state index contributed by atoms with van der Waals surface area (Å²) in [4.78, 5) is 40.5. The number of rotatable bonds is 3. The lowest BCUT2D eigenvalue weighted by molar-refractivity contribution is -0.114. The maximum absolute atomic E-state index is 12.8. The Balaban J connectivity index is 1.89. The van der Waals surface area contributed by atoms with Crippen LogP contribution >= 0.6 is 11.6 Å². The summed E-state index contributed by atoms with van der Waals surface area (Å²) in [7, 11) is 0. The molecule has 1 aliphatic heterocycles. The number of hydrogen-bond acceptors (Lipinski definition) is 5. The number of halogens is 1. The quantitative estimate of drug-likeness (QED) is 0.523. The van der Waals surface area contributed by atoms with Crippen LogP contribution in [0.1, 0.15) is 40.6 Å². The Hall–Kier alpha value is -2.54. The molecule has 3 rings (SSSR count). The van der Waals surface area contributed by atoms with Crippen molar-refractivity contribution in [3.8, 4) is 0 Å². The van der Waals surface area contributed by atoms with Gasteiger partial charge in [-0.3, -0.25) is 19.1 Å². The molecule has 24 heavy (non-hydrogen) atoms. The van der Waals surface area contributed by atoms with E-state index in [1.54, 1.807) is 10.7 Å². The van der Waals surface area contributed by atoms with E-state index in [0.29, 0.717) is 36.5 Å². The molecule has 8 heteroatoms. The number of carbonyl (C=O) groups excluding carboxylic acids is 3. The van der Waals surface area contributed by atoms with Gasteiger partial charge in [-0.2, -0.15) is 5.10 Å². The molecule has 3 heterocycles. The topological polar surface area (TPSA) is 93.9 Å². The van der Waals surface area contributed by atoms with Crippen LogP contribution in [0, 0.1) is 5.92 Å². The van der Waals surface area contributed by atoms with Gasteiger partial charge in [0.2, 0.25) is 5.91 Å². The van der Waals surface area contributed by atoms with E-state index >= 15 is 0 Å². The average molecular weight is 347 g/mol. The van der Waals surface area contributed by atoms with Crippen LogP contribution in [0.15, 0.2) is 24.4 Å². The largest absolute Gasteiger partial charge is 0.309 e. The van der Waals surface area contributed by atoms with E-state index in [4.69, 9.17) is 11.6 Å². The minimum atomic E-state index is -0.781. The number of anilines is 1. The zero-order valence-corrected chi connectivity index (χ0v) is 13.7. The predicted octanol–water partition coefficient (Wildman–Crippen LogP) is 2.37. The number of nitrogens with one attached hydrogen (secondary N) is 1. The van der Waals surface area contributed by atoms with Crippen LogP contribution in [0.4, 0.5) is 5.82 Å². The van der Waals surface area contributed by atoms with Crippen LogP contribution in [-0.4, -0.2) is 32.2 Å². The second kappa shape index (κ2) is 6.52. The fourth-order valence-corrected chi connectivity index (χ4v) is 2.87. The van der Waals surface area contributed by atoms with Crippen molar-refractivity contribution in [1.82, 2.24) is 14.8 Å². The molecule has 0 radical (unpaired) electrons. The number of fused-ring (bicyclic) bond motifs is 1. The number of carbonyl (C=O) groups is 3. The van der Waals surface area contributed by atoms with Gasteiger partial charge in [0.25, 0.3) is 0 Å². The number of amides is 1. The van der Waals surface area contributed by atoms with Crippen LogP contribution in [0.25, 0.3) is 0 Å². The monoisotopic (exact) mass is 346 g/mol. The average Bonchev–Trinajstić information content (AvgIpc) is 2.86. The normalized spacial score (nSPS) is 17.1. The molecule has 0 aliphatic carbocycles. The molecule has 2 aromatic heterocycles. The van der Waals surface area contributed by atoms with E-state index in [0.717, 1.165) is 0 Å². The molecule has 0 bridgehead atoms. The molecule has 124 valence electrons. The Morgan fingerprint density at radius 2 is 2.17 bits per heavy atom. The molecule has 1 aliphatic rings. The van der Waals surface area contributed by atoms with Crippen molar-refractivity contribution in [3.63, 3.8) is 0 Å². The van der Waals surface area contributed by atoms with Crippen LogP contribution < -0.4 is 5.32 Å². The number of pyridine rings is 1. The van der Waals surface area contributed by atoms with Crippen molar-refractivity contribution in [1.29, 1.82) is 0 Å². The second-order valence-corrected chi connectivity index (χ2v) is 6.00. The summed E-state index contributed by atoms with van der Waals surface area (Å²) in [5.74, 6) is -1.31. The lowest BCUT2D eigenvalue weighted by Crippen LogP contribution is -2.24. The van der Waals surface area contributed by atoms with E-state index in [1.165, 1.54) is 25.3 Å². The smallest absolute Gasteiger partial charge is 0.222 e. The minimum absolute atomic E-state index is 0.268. The second-order valence-electron chi connectivity index (χ2n) is 5.61. The molecule has 0 spiro atoms. The van der Waals surface area contributed by atoms with Gasteiger partial charge in [-0.1, -0.05) is 11.6 Å². The number of nitrogens with zero attached hydrogens (tertiary/aromatic N) is 3. The molecular weight excluding hydrogens is 332 g/mol. The minimum Gasteiger partial charge on any atom is -0.309 e. The lowest BCUT2D eigenvalue weighted by atomic mass is 9.89. The summed E-state index contributed by atoms with van der Waals surface area (Å²) in [6.07, 6.45) is 2.46. The Morgan fingerprint density at radius 3 is 2.83 bits per heavy atom. The zero-order valence-electron chi connectivity index (χ0n) is 13.0. The number of hydrogen-bond donors (Lipinski definition) is 1. The van der Waals surface area contributed by atoms with Gasteiger partial charge >= 0.3 is 0 Å². The fraction of sp³-hybridized carbons (Fsp3) is 0.312. The summed E-state index contributed by atoms with van der Waals surface area (Å²) >= 11 is 5.73. The van der Waals surface area contributed by atoms with E-state index in [9.17, 15) is 14.4 Å². The molecular formula is C16H15ClN4O3. The van der Waals surface area contributed by atoms with Crippen LogP contribution in [0.2, 0.25) is 5.15 Å². The first-order chi connectivity index (χ1) is 11.5. The third-order valence-corrected chi connectivity index (χ3v) is 4.07. The summed E-state index contributed by atoms with van der Waals surface area (Å²) in [6, 6.07) is 4.60. The summed E-state index contributed by atoms with van der Waals surface area (Å²) in [5, 5.41) is 7.04. The van der Waals surface area contributed by atoms with Crippen LogP contribution in [0.3, 0.4) is 0 Å². The van der Waals surface area contributed by atoms with Crippen molar-refractivity contribution in [2.75, 3.05) is 5.32 Å². The van der Waals surface area contributed by atoms with Gasteiger partial charge < -0.3 is 5.32 Å². The Bertz CT molecular complexity index is 813. The van der Waals surface area contributed by atoms with Gasteiger partial charge in [0.1, 0.15) is 10.8 Å². The molecule has 1 unspecified atom stereocenters. The first kappa shape index (κ1) is 16.3. The molecule has 0 aromatic carbocycles. The first-order valence-corrected chi connectivity index (χ1v) is 7.89. The molecule has 1 amide bonds. The Morgan fingerprint density at radius 1 is 1.38 bits per heavy atom. The lowest BCUT2D eigenvalue weighted by Gasteiger charge is -2.11. The van der Waals surface area contributed by atoms with E-state index in [2.05, 4.69) is 15.4 Å². The predicted molar refractivity (Wildman–Crippen MR) is 87.2 cm³/mol. The van der Waals surface area contributed by atoms with Crippen LogP contribution in [0.5, 0.6) is 0 Å². The third kappa shape index (κ3) is 3.21. The maximum atomic E-state index is 12.8. The zero-order chi connectivity index (χ0) is 17.3. The highest BCUT2D eigenvalue weighted by atomic mass is 35.5. The molecule has 1 N–H and O–H groups in total. The summed E-state index contributed by atoms with van der Waals surface area (Å²) < 4.78 is 1.54. The Kier molecular flexibility index (Phi) is 4.44. The van der Waals surface area contributed by atoms with Crippen LogP contribution in [-0.2, 0) is 11.3 Å². The summed E-state index contributed by atoms with van der Waals surface area (Å²) in [5.41, 5.74) is 0.685. The van der Waals surface area contributed by atoms with Gasteiger partial charge in [-0.25, -0.2) is 4.98 Å². The van der Waals surface area contributed by atoms with Crippen molar-refractivity contribution in [2.45, 2.75) is 26.3 Å². The van der Waals surface area contributed by atoms with Crippen molar-refractivity contribution >= 4 is 34.9 Å². The number of ketones is 2. The van der Waals surface area contributed by atoms with E-state index < -0.39 is 5.92 Å². The van der Waals surface area contributed by atoms with E-state index in [-0.39, 0.29) is 22.6 Å². The van der Waals surface area contributed by atoms with Gasteiger partial charge in [0.15, 0.2) is 17.4 Å². The maximum Gasteiger partial charge on any atom is 0.222 e. The SMILES string of the molecule is CC(=O)Nc1cc2n(n1)CCCC(C(=O)c1ccc(Cl)nc1)C2=O. The van der Waals surface area contributed by atoms with Crippen molar-refractivity contribution < 1.29 is 14.4 Å². The molecule has 2 aromatic rings. The molecule has 1 atom stereocenters. The van der Waals surface area contributed by atoms with Gasteiger partial charge in [-0.05, 0) is 25.0 Å². The molecule has 0 fully saturated rings. The first-order valence-electron chi connectivity index (χ1n) is 7.51. The third-order valence-electron chi connectivity index (χ3n) is 3.84. The fourth-order valence-electron chi connectivity index (χ4n) is 2.75. The molecule has 0 saturated heterocycles. The van der Waals surface area contributed by atoms with Gasteiger partial charge in [0, 0.05) is 31.3 Å². The highest BCUT2D eigenvalue weighted by Crippen LogP contribution is 2.25. The number of aryl methyl sites for hydroxylation is 1. The number of aromatic nitrogens is 3. The Labute approximate surface area is 143 Å². The highest BCUT2D eigenvalue weighted by Gasteiger charge is 2.33. The van der Waals surface area contributed by atoms with Gasteiger partial charge in [0.05, 0.1) is 5.92 Å². The molecule has 0 saturated carbocycles. The van der Waals surface area contributed by atoms with Crippen molar-refractivity contribution in [3.05, 3.63) is 40.8 Å². The van der Waals surface area contributed by atoms with Gasteiger partial charge in [-0.15, -0.1) is 0 Å². The molecule has 7 nitrogen and oxygen atoms in total. The summed E-state index contributed by atoms with van der Waals surface area (Å²) in [6.45, 7) is 1.88. The van der Waals surface area contributed by atoms with Crippen molar-refractivity contribution in [2.24, 2.45) is 5.92 Å².